The first-order valence-electron chi connectivity index (χ1n) is 6.09. The topological polar surface area (TPSA) is 163 Å². The van der Waals surface area contributed by atoms with Crippen molar-refractivity contribution in [3.8, 4) is 6.07 Å². The number of ether oxygens (including phenoxy) is 1. The molecule has 110 valence electrons. The predicted octanol–water partition coefficient (Wildman–Crippen LogP) is -2.11. The molecule has 0 aliphatic carbocycles. The van der Waals surface area contributed by atoms with Gasteiger partial charge in [0.25, 0.3) is 0 Å². The molecule has 10 nitrogen and oxygen atoms in total. The van der Waals surface area contributed by atoms with E-state index in [1.54, 1.807) is 6.07 Å². The van der Waals surface area contributed by atoms with E-state index in [4.69, 9.17) is 20.8 Å². The van der Waals surface area contributed by atoms with E-state index in [-0.39, 0.29) is 22.8 Å². The molecule has 2 aromatic rings. The second-order valence-electron chi connectivity index (χ2n) is 4.60. The van der Waals surface area contributed by atoms with Crippen molar-refractivity contribution in [3.63, 3.8) is 0 Å². The Morgan fingerprint density at radius 1 is 1.38 bits per heavy atom. The van der Waals surface area contributed by atoms with Crippen molar-refractivity contribution >= 4 is 17.0 Å². The summed E-state index contributed by atoms with van der Waals surface area (Å²) in [6.45, 7) is -0.443. The summed E-state index contributed by atoms with van der Waals surface area (Å²) in [5.41, 5.74) is 6.15. The second-order valence-corrected chi connectivity index (χ2v) is 4.60. The highest BCUT2D eigenvalue weighted by Crippen LogP contribution is 2.31. The zero-order valence-electron chi connectivity index (χ0n) is 10.7. The number of nitrogens with zero attached hydrogens (tertiary/aromatic N) is 5. The van der Waals surface area contributed by atoms with Crippen LogP contribution < -0.4 is 5.73 Å². The molecule has 3 rings (SSSR count). The number of aliphatic hydroxyl groups excluding tert-OH is 3. The highest BCUT2D eigenvalue weighted by atomic mass is 16.6. The largest absolute Gasteiger partial charge is 0.394 e. The Bertz CT molecular complexity index is 725. The Labute approximate surface area is 118 Å². The van der Waals surface area contributed by atoms with E-state index >= 15 is 0 Å². The fraction of sp³-hybridized carbons (Fsp3) is 0.455. The van der Waals surface area contributed by atoms with Crippen LogP contribution in [0.25, 0.3) is 11.2 Å². The van der Waals surface area contributed by atoms with Gasteiger partial charge in [-0.1, -0.05) is 0 Å². The molecule has 3 heterocycles. The van der Waals surface area contributed by atoms with E-state index in [9.17, 15) is 10.2 Å². The molecule has 1 aliphatic rings. The summed E-state index contributed by atoms with van der Waals surface area (Å²) in [5, 5.41) is 37.8. The average Bonchev–Trinajstić information content (AvgIpc) is 3.02. The van der Waals surface area contributed by atoms with Gasteiger partial charge in [-0.2, -0.15) is 15.2 Å². The van der Waals surface area contributed by atoms with Gasteiger partial charge in [0, 0.05) is 0 Å². The lowest BCUT2D eigenvalue weighted by Gasteiger charge is -2.16. The number of imidazole rings is 1. The summed E-state index contributed by atoms with van der Waals surface area (Å²) in [5.74, 6) is -0.115. The predicted molar refractivity (Wildman–Crippen MR) is 67.5 cm³/mol. The van der Waals surface area contributed by atoms with Crippen molar-refractivity contribution in [1.82, 2.24) is 19.5 Å². The van der Waals surface area contributed by atoms with Gasteiger partial charge in [0.2, 0.25) is 5.82 Å². The fourth-order valence-electron chi connectivity index (χ4n) is 2.28. The Kier molecular flexibility index (Phi) is 3.19. The minimum Gasteiger partial charge on any atom is -0.394 e. The van der Waals surface area contributed by atoms with Gasteiger partial charge in [-0.05, 0) is 0 Å². The smallest absolute Gasteiger partial charge is 0.236 e. The highest BCUT2D eigenvalue weighted by molar-refractivity contribution is 5.81. The van der Waals surface area contributed by atoms with E-state index in [2.05, 4.69) is 15.0 Å². The second kappa shape index (κ2) is 4.90. The molecule has 1 aliphatic heterocycles. The van der Waals surface area contributed by atoms with Gasteiger partial charge in [0.05, 0.1) is 12.9 Å². The quantitative estimate of drug-likeness (QED) is 0.485. The van der Waals surface area contributed by atoms with Gasteiger partial charge in [-0.15, -0.1) is 0 Å². The Balaban J connectivity index is 2.10. The lowest BCUT2D eigenvalue weighted by atomic mass is 10.1. The van der Waals surface area contributed by atoms with Crippen LogP contribution in [0.15, 0.2) is 6.33 Å². The van der Waals surface area contributed by atoms with Gasteiger partial charge < -0.3 is 25.8 Å². The van der Waals surface area contributed by atoms with Crippen LogP contribution in [0.4, 0.5) is 5.82 Å². The Hall–Kier alpha value is -2.32. The summed E-state index contributed by atoms with van der Waals surface area (Å²) in [6.07, 6.45) is -3.12. The van der Waals surface area contributed by atoms with Crippen molar-refractivity contribution in [1.29, 1.82) is 5.26 Å². The standard InChI is InChI=1S/C11H12N6O4/c12-1-5-15-9(13)6-10(16-5)17(3-14-6)11-8(20)7(19)4(2-18)21-11/h3-4,7-8,11,18-20H,2H2,(H2,13,15,16)/t4-,7-,8-,11-/m1/s1. The number of fused-ring (bicyclic) bond motifs is 1. The number of aliphatic hydroxyl groups is 3. The molecule has 10 heteroatoms. The van der Waals surface area contributed by atoms with E-state index < -0.39 is 31.1 Å². The fourth-order valence-corrected chi connectivity index (χ4v) is 2.28. The normalized spacial score (nSPS) is 28.9. The third kappa shape index (κ3) is 1.99. The first-order valence-corrected chi connectivity index (χ1v) is 6.09. The van der Waals surface area contributed by atoms with Crippen LogP contribution in [0.3, 0.4) is 0 Å². The molecule has 4 atom stereocenters. The van der Waals surface area contributed by atoms with Crippen LogP contribution in [0.2, 0.25) is 0 Å². The summed E-state index contributed by atoms with van der Waals surface area (Å²) < 4.78 is 6.73. The Morgan fingerprint density at radius 3 is 2.76 bits per heavy atom. The summed E-state index contributed by atoms with van der Waals surface area (Å²) in [6, 6.07) is 1.77. The monoisotopic (exact) mass is 292 g/mol. The zero-order chi connectivity index (χ0) is 15.1. The van der Waals surface area contributed by atoms with Gasteiger partial charge in [-0.25, -0.2) is 4.98 Å². The molecule has 5 N–H and O–H groups in total. The van der Waals surface area contributed by atoms with Gasteiger partial charge in [0.1, 0.15) is 29.9 Å². The summed E-state index contributed by atoms with van der Waals surface area (Å²) >= 11 is 0. The van der Waals surface area contributed by atoms with Crippen molar-refractivity contribution in [2.24, 2.45) is 0 Å². The number of rotatable bonds is 2. The van der Waals surface area contributed by atoms with Crippen LogP contribution >= 0.6 is 0 Å². The molecular formula is C11H12N6O4. The maximum Gasteiger partial charge on any atom is 0.236 e. The van der Waals surface area contributed by atoms with Gasteiger partial charge in [0.15, 0.2) is 17.7 Å². The van der Waals surface area contributed by atoms with E-state index in [1.165, 1.54) is 10.9 Å². The minimum absolute atomic E-state index is 0.0297. The molecule has 0 saturated carbocycles. The Morgan fingerprint density at radius 2 is 2.14 bits per heavy atom. The highest BCUT2D eigenvalue weighted by Gasteiger charge is 2.44. The molecule has 0 radical (unpaired) electrons. The molecule has 0 spiro atoms. The first kappa shape index (κ1) is 13.7. The number of nitrogens with two attached hydrogens (primary N) is 1. The lowest BCUT2D eigenvalue weighted by molar-refractivity contribution is -0.0511. The van der Waals surface area contributed by atoms with Crippen LogP contribution in [0, 0.1) is 11.3 Å². The summed E-state index contributed by atoms with van der Waals surface area (Å²) in [4.78, 5) is 11.8. The first-order chi connectivity index (χ1) is 10.1. The maximum atomic E-state index is 10.0. The third-order valence-electron chi connectivity index (χ3n) is 3.34. The number of hydrogen-bond donors (Lipinski definition) is 4. The van der Waals surface area contributed by atoms with Crippen molar-refractivity contribution in [2.75, 3.05) is 12.3 Å². The molecule has 0 bridgehead atoms. The number of aromatic nitrogens is 4. The maximum absolute atomic E-state index is 10.0. The van der Waals surface area contributed by atoms with Crippen molar-refractivity contribution in [2.45, 2.75) is 24.5 Å². The van der Waals surface area contributed by atoms with Gasteiger partial charge in [-0.3, -0.25) is 4.57 Å². The number of nitriles is 1. The van der Waals surface area contributed by atoms with E-state index in [0.29, 0.717) is 0 Å². The zero-order valence-corrected chi connectivity index (χ0v) is 10.7. The number of hydrogen-bond acceptors (Lipinski definition) is 9. The molecule has 1 fully saturated rings. The van der Waals surface area contributed by atoms with E-state index in [0.717, 1.165) is 0 Å². The van der Waals surface area contributed by atoms with Crippen LogP contribution in [0.1, 0.15) is 12.1 Å². The molecule has 0 amide bonds. The molecular weight excluding hydrogens is 280 g/mol. The molecule has 2 aromatic heterocycles. The van der Waals surface area contributed by atoms with E-state index in [1.807, 2.05) is 0 Å². The molecule has 1 saturated heterocycles. The third-order valence-corrected chi connectivity index (χ3v) is 3.34. The van der Waals surface area contributed by atoms with Crippen LogP contribution in [-0.2, 0) is 4.74 Å². The molecule has 0 aromatic carbocycles. The minimum atomic E-state index is -1.28. The number of anilines is 1. The molecule has 0 unspecified atom stereocenters. The van der Waals surface area contributed by atoms with Gasteiger partial charge >= 0.3 is 0 Å². The van der Waals surface area contributed by atoms with Crippen molar-refractivity contribution in [3.05, 3.63) is 12.2 Å². The number of nitrogen functional groups attached to an aromatic ring is 1. The summed E-state index contributed by atoms with van der Waals surface area (Å²) in [7, 11) is 0. The average molecular weight is 292 g/mol. The SMILES string of the molecule is N#Cc1nc(N)c2ncn([C@@H]3O[C@H](CO)[C@@H](O)[C@H]3O)c2n1. The van der Waals surface area contributed by atoms with Crippen molar-refractivity contribution < 1.29 is 20.1 Å². The van der Waals surface area contributed by atoms with Crippen LogP contribution in [0.5, 0.6) is 0 Å². The van der Waals surface area contributed by atoms with Crippen LogP contribution in [-0.4, -0.2) is 59.8 Å². The lowest BCUT2D eigenvalue weighted by Crippen LogP contribution is -2.33. The molecule has 21 heavy (non-hydrogen) atoms.